The summed E-state index contributed by atoms with van der Waals surface area (Å²) in [6.07, 6.45) is 0. The zero-order valence-electron chi connectivity index (χ0n) is 29.0. The molecule has 2 heterocycles. The highest BCUT2D eigenvalue weighted by Crippen LogP contribution is 2.45. The molecule has 254 valence electrons. The van der Waals surface area contributed by atoms with Gasteiger partial charge in [0.1, 0.15) is 16.9 Å². The van der Waals surface area contributed by atoms with Crippen molar-refractivity contribution in [2.45, 2.75) is 0 Å². The molecule has 0 saturated carbocycles. The third kappa shape index (κ3) is 5.47. The molecule has 5 heteroatoms. The van der Waals surface area contributed by atoms with E-state index in [0.717, 1.165) is 71.7 Å². The molecule has 54 heavy (non-hydrogen) atoms. The minimum absolute atomic E-state index is 0.130. The molecule has 10 rings (SSSR count). The van der Waals surface area contributed by atoms with Gasteiger partial charge < -0.3 is 9.52 Å². The van der Waals surface area contributed by atoms with Crippen LogP contribution in [0.25, 0.3) is 100 Å². The number of aromatic hydroxyl groups is 1. The van der Waals surface area contributed by atoms with Gasteiger partial charge in [-0.25, -0.2) is 15.0 Å². The molecule has 10 aromatic rings. The van der Waals surface area contributed by atoms with Gasteiger partial charge in [-0.1, -0.05) is 158 Å². The third-order valence-corrected chi connectivity index (χ3v) is 10.1. The van der Waals surface area contributed by atoms with Crippen LogP contribution in [0.2, 0.25) is 0 Å². The maximum atomic E-state index is 11.8. The van der Waals surface area contributed by atoms with Gasteiger partial charge in [-0.2, -0.15) is 0 Å². The van der Waals surface area contributed by atoms with Crippen molar-refractivity contribution in [1.82, 2.24) is 15.0 Å². The maximum Gasteiger partial charge on any atom is 0.164 e. The summed E-state index contributed by atoms with van der Waals surface area (Å²) in [5, 5.41) is 16.1. The average Bonchev–Trinajstić information content (AvgIpc) is 3.63. The highest BCUT2D eigenvalue weighted by atomic mass is 16.3. The second-order valence-electron chi connectivity index (χ2n) is 13.3. The minimum Gasteiger partial charge on any atom is -0.507 e. The first-order chi connectivity index (χ1) is 26.7. The fourth-order valence-corrected chi connectivity index (χ4v) is 7.47. The lowest BCUT2D eigenvalue weighted by Gasteiger charge is -2.17. The van der Waals surface area contributed by atoms with E-state index in [2.05, 4.69) is 84.9 Å². The summed E-state index contributed by atoms with van der Waals surface area (Å²) in [4.78, 5) is 15.3. The lowest BCUT2D eigenvalue weighted by Crippen LogP contribution is -2.01. The Labute approximate surface area is 311 Å². The number of hydrogen-bond donors (Lipinski definition) is 1. The van der Waals surface area contributed by atoms with Crippen LogP contribution in [0.1, 0.15) is 0 Å². The van der Waals surface area contributed by atoms with Crippen LogP contribution in [0, 0.1) is 0 Å². The van der Waals surface area contributed by atoms with Crippen LogP contribution in [0.5, 0.6) is 5.75 Å². The van der Waals surface area contributed by atoms with Crippen LogP contribution >= 0.6 is 0 Å². The van der Waals surface area contributed by atoms with Crippen molar-refractivity contribution in [3.8, 4) is 73.3 Å². The number of phenolic OH excluding ortho intramolecular Hbond substituents is 1. The molecule has 0 aliphatic heterocycles. The standard InChI is InChI=1S/C49H31N3O2/c53-42-21-10-20-41(45(42)38-17-7-6-16-37(38)39-19-11-23-44-46(39)40-18-8-9-22-43(40)54-44)49-51-47(34-27-24-33(25-28-34)31-12-2-1-3-13-31)50-48(52-49)36-29-26-32-14-4-5-15-35(32)30-36/h1-30,53H. The molecule has 8 aromatic carbocycles. The van der Waals surface area contributed by atoms with Gasteiger partial charge in [-0.15, -0.1) is 0 Å². The van der Waals surface area contributed by atoms with E-state index in [1.807, 2.05) is 91.0 Å². The predicted molar refractivity (Wildman–Crippen MR) is 219 cm³/mol. The first kappa shape index (κ1) is 31.4. The molecule has 0 atom stereocenters. The molecule has 5 nitrogen and oxygen atoms in total. The van der Waals surface area contributed by atoms with Gasteiger partial charge >= 0.3 is 0 Å². The van der Waals surface area contributed by atoms with Gasteiger partial charge in [-0.05, 0) is 62.9 Å². The van der Waals surface area contributed by atoms with Gasteiger partial charge in [0.25, 0.3) is 0 Å². The number of fused-ring (bicyclic) bond motifs is 4. The molecule has 0 saturated heterocycles. The second-order valence-corrected chi connectivity index (χ2v) is 13.3. The highest BCUT2D eigenvalue weighted by Gasteiger charge is 2.22. The molecule has 0 fully saturated rings. The number of para-hydroxylation sites is 1. The second kappa shape index (κ2) is 13.0. The summed E-state index contributed by atoms with van der Waals surface area (Å²) in [6.45, 7) is 0. The van der Waals surface area contributed by atoms with Crippen LogP contribution in [-0.4, -0.2) is 20.1 Å². The fraction of sp³-hybridized carbons (Fsp3) is 0. The zero-order valence-corrected chi connectivity index (χ0v) is 29.0. The van der Waals surface area contributed by atoms with E-state index in [0.29, 0.717) is 28.6 Å². The Morgan fingerprint density at radius 1 is 0.370 bits per heavy atom. The Kier molecular flexibility index (Phi) is 7.55. The summed E-state index contributed by atoms with van der Waals surface area (Å²) in [7, 11) is 0. The van der Waals surface area contributed by atoms with E-state index in [1.54, 1.807) is 6.07 Å². The molecule has 0 spiro atoms. The Morgan fingerprint density at radius 2 is 0.944 bits per heavy atom. The minimum atomic E-state index is 0.130. The predicted octanol–water partition coefficient (Wildman–Crippen LogP) is 12.6. The molecule has 0 radical (unpaired) electrons. The number of phenols is 1. The summed E-state index contributed by atoms with van der Waals surface area (Å²) in [5.74, 6) is 1.68. The number of rotatable bonds is 6. The Balaban J connectivity index is 1.18. The number of nitrogens with zero attached hydrogens (tertiary/aromatic N) is 3. The SMILES string of the molecule is Oc1cccc(-c2nc(-c3ccc(-c4ccccc4)cc3)nc(-c3ccc4ccccc4c3)n2)c1-c1ccccc1-c1cccc2oc3ccccc3c12. The Morgan fingerprint density at radius 3 is 1.80 bits per heavy atom. The van der Waals surface area contributed by atoms with E-state index < -0.39 is 0 Å². The molecule has 0 aliphatic carbocycles. The van der Waals surface area contributed by atoms with Crippen molar-refractivity contribution < 1.29 is 9.52 Å². The van der Waals surface area contributed by atoms with Crippen LogP contribution in [-0.2, 0) is 0 Å². The molecule has 2 aromatic heterocycles. The largest absolute Gasteiger partial charge is 0.507 e. The maximum absolute atomic E-state index is 11.8. The van der Waals surface area contributed by atoms with E-state index in [4.69, 9.17) is 19.4 Å². The van der Waals surface area contributed by atoms with E-state index in [9.17, 15) is 5.11 Å². The van der Waals surface area contributed by atoms with Crippen molar-refractivity contribution in [3.05, 3.63) is 182 Å². The van der Waals surface area contributed by atoms with E-state index in [1.165, 1.54) is 0 Å². The van der Waals surface area contributed by atoms with Crippen molar-refractivity contribution in [1.29, 1.82) is 0 Å². The molecule has 1 N–H and O–H groups in total. The zero-order chi connectivity index (χ0) is 36.0. The summed E-state index contributed by atoms with van der Waals surface area (Å²) in [5.41, 5.74) is 9.77. The molecular weight excluding hydrogens is 663 g/mol. The van der Waals surface area contributed by atoms with Crippen LogP contribution in [0.3, 0.4) is 0 Å². The van der Waals surface area contributed by atoms with Gasteiger partial charge in [0.05, 0.1) is 0 Å². The smallest absolute Gasteiger partial charge is 0.164 e. The molecule has 0 aliphatic rings. The monoisotopic (exact) mass is 693 g/mol. The molecular formula is C49H31N3O2. The van der Waals surface area contributed by atoms with E-state index in [-0.39, 0.29) is 5.75 Å². The lowest BCUT2D eigenvalue weighted by atomic mass is 9.89. The topological polar surface area (TPSA) is 72.0 Å². The summed E-state index contributed by atoms with van der Waals surface area (Å²) in [6, 6.07) is 61.1. The first-order valence-corrected chi connectivity index (χ1v) is 17.9. The van der Waals surface area contributed by atoms with Crippen LogP contribution < -0.4 is 0 Å². The van der Waals surface area contributed by atoms with Crippen molar-refractivity contribution in [3.63, 3.8) is 0 Å². The fourth-order valence-electron chi connectivity index (χ4n) is 7.47. The van der Waals surface area contributed by atoms with Gasteiger partial charge in [-0.3, -0.25) is 0 Å². The third-order valence-electron chi connectivity index (χ3n) is 10.1. The van der Waals surface area contributed by atoms with E-state index >= 15 is 0 Å². The molecule has 0 amide bonds. The number of hydrogen-bond acceptors (Lipinski definition) is 5. The Bertz CT molecular complexity index is 3000. The average molecular weight is 694 g/mol. The van der Waals surface area contributed by atoms with Crippen molar-refractivity contribution >= 4 is 32.7 Å². The van der Waals surface area contributed by atoms with Crippen LogP contribution in [0.15, 0.2) is 186 Å². The quantitative estimate of drug-likeness (QED) is 0.188. The number of benzene rings is 8. The first-order valence-electron chi connectivity index (χ1n) is 17.9. The van der Waals surface area contributed by atoms with Crippen molar-refractivity contribution in [2.75, 3.05) is 0 Å². The normalized spacial score (nSPS) is 11.4. The van der Waals surface area contributed by atoms with Crippen molar-refractivity contribution in [2.24, 2.45) is 0 Å². The number of aromatic nitrogens is 3. The molecule has 0 unspecified atom stereocenters. The lowest BCUT2D eigenvalue weighted by molar-refractivity contribution is 0.477. The summed E-state index contributed by atoms with van der Waals surface area (Å²) < 4.78 is 6.27. The van der Waals surface area contributed by atoms with Gasteiger partial charge in [0, 0.05) is 33.0 Å². The van der Waals surface area contributed by atoms with Gasteiger partial charge in [0.2, 0.25) is 0 Å². The highest BCUT2D eigenvalue weighted by molar-refractivity contribution is 6.14. The van der Waals surface area contributed by atoms with Gasteiger partial charge in [0.15, 0.2) is 17.5 Å². The summed E-state index contributed by atoms with van der Waals surface area (Å²) >= 11 is 0. The molecule has 0 bridgehead atoms. The number of furan rings is 1. The van der Waals surface area contributed by atoms with Crippen LogP contribution in [0.4, 0.5) is 0 Å². The Hall–Kier alpha value is -7.37.